The molecule has 3 rings (SSSR count). The van der Waals surface area contributed by atoms with Gasteiger partial charge in [-0.1, -0.05) is 6.07 Å². The first-order valence-electron chi connectivity index (χ1n) is 11.3. The largest absolute Gasteiger partial charge is 0.492 e. The van der Waals surface area contributed by atoms with Crippen LogP contribution in [-0.2, 0) is 9.59 Å². The molecule has 2 amide bonds. The molecule has 0 saturated carbocycles. The van der Waals surface area contributed by atoms with Crippen molar-refractivity contribution < 1.29 is 23.5 Å². The van der Waals surface area contributed by atoms with Crippen molar-refractivity contribution in [2.45, 2.75) is 20.0 Å². The second-order valence-electron chi connectivity index (χ2n) is 7.95. The van der Waals surface area contributed by atoms with Crippen LogP contribution in [0.4, 0.5) is 27.5 Å². The van der Waals surface area contributed by atoms with Crippen LogP contribution in [0.2, 0.25) is 0 Å². The summed E-state index contributed by atoms with van der Waals surface area (Å²) in [6, 6.07) is 13.9. The van der Waals surface area contributed by atoms with Gasteiger partial charge in [0.05, 0.1) is 12.3 Å². The molecule has 1 heterocycles. The Hall–Kier alpha value is -4.41. The Kier molecular flexibility index (Phi) is 8.98. The lowest BCUT2D eigenvalue weighted by atomic mass is 10.1. The van der Waals surface area contributed by atoms with E-state index in [0.29, 0.717) is 22.9 Å². The van der Waals surface area contributed by atoms with E-state index in [4.69, 9.17) is 9.47 Å². The van der Waals surface area contributed by atoms with E-state index in [-0.39, 0.29) is 24.5 Å². The Labute approximate surface area is 208 Å². The van der Waals surface area contributed by atoms with E-state index in [0.717, 1.165) is 6.20 Å². The molecule has 0 atom stereocenters. The minimum absolute atomic E-state index is 0.00331. The summed E-state index contributed by atoms with van der Waals surface area (Å²) >= 11 is 0. The third kappa shape index (κ3) is 7.29. The first kappa shape index (κ1) is 26.2. The van der Waals surface area contributed by atoms with Crippen LogP contribution in [0, 0.1) is 11.7 Å². The fourth-order valence-corrected chi connectivity index (χ4v) is 3.13. The second-order valence-corrected chi connectivity index (χ2v) is 7.95. The van der Waals surface area contributed by atoms with Gasteiger partial charge in [0.15, 0.2) is 17.6 Å². The van der Waals surface area contributed by atoms with Crippen molar-refractivity contribution in [3.8, 4) is 11.5 Å². The zero-order valence-electron chi connectivity index (χ0n) is 20.5. The molecule has 1 aromatic heterocycles. The summed E-state index contributed by atoms with van der Waals surface area (Å²) in [6.45, 7) is 3.72. The van der Waals surface area contributed by atoms with Gasteiger partial charge in [-0.2, -0.15) is 4.98 Å². The van der Waals surface area contributed by atoms with Crippen molar-refractivity contribution in [3.63, 3.8) is 0 Å². The summed E-state index contributed by atoms with van der Waals surface area (Å²) in [6.07, 6.45) is 1.11. The number of carbonyl (C=O) groups is 2. The van der Waals surface area contributed by atoms with E-state index in [2.05, 4.69) is 31.2 Å². The summed E-state index contributed by atoms with van der Waals surface area (Å²) in [5.41, 5.74) is 1.20. The molecule has 0 fully saturated rings. The molecule has 0 spiro atoms. The molecule has 0 aliphatic rings. The highest BCUT2D eigenvalue weighted by Crippen LogP contribution is 2.24. The van der Waals surface area contributed by atoms with Gasteiger partial charge >= 0.3 is 0 Å². The Bertz CT molecular complexity index is 1170. The molecule has 2 aromatic carbocycles. The van der Waals surface area contributed by atoms with E-state index in [1.807, 2.05) is 13.8 Å². The smallest absolute Gasteiger partial charge is 0.235 e. The number of hydrogen-bond donors (Lipinski definition) is 4. The number of nitrogens with one attached hydrogen (secondary N) is 4. The van der Waals surface area contributed by atoms with Gasteiger partial charge in [0.1, 0.15) is 18.1 Å². The third-order valence-corrected chi connectivity index (χ3v) is 4.87. The minimum Gasteiger partial charge on any atom is -0.492 e. The fraction of sp³-hybridized carbons (Fsp3) is 0.280. The standard InChI is InChI=1S/C25H29FN6O4/c1-15(2)36-18-10-8-16(9-11-18)30-22-21(26)13-29-25(32-22)31-17-6-5-7-19(12-17)35-14-20(23(33)27-3)24(34)28-4/h5-13,15,20H,14H2,1-4H3,(H,27,33)(H,28,34)(H2,29,30,31,32). The van der Waals surface area contributed by atoms with Gasteiger partial charge < -0.3 is 30.7 Å². The van der Waals surface area contributed by atoms with Crippen molar-refractivity contribution in [2.24, 2.45) is 5.92 Å². The van der Waals surface area contributed by atoms with Crippen molar-refractivity contribution in [1.29, 1.82) is 0 Å². The zero-order valence-corrected chi connectivity index (χ0v) is 20.5. The summed E-state index contributed by atoms with van der Waals surface area (Å²) in [5.74, 6) is -1.25. The van der Waals surface area contributed by atoms with Crippen molar-refractivity contribution >= 4 is 35.0 Å². The molecule has 0 aliphatic heterocycles. The van der Waals surface area contributed by atoms with E-state index < -0.39 is 23.5 Å². The van der Waals surface area contributed by atoms with Crippen LogP contribution in [0.5, 0.6) is 11.5 Å². The Morgan fingerprint density at radius 2 is 1.64 bits per heavy atom. The summed E-state index contributed by atoms with van der Waals surface area (Å²) in [5, 5.41) is 10.8. The topological polar surface area (TPSA) is 126 Å². The Morgan fingerprint density at radius 3 is 2.28 bits per heavy atom. The summed E-state index contributed by atoms with van der Waals surface area (Å²) in [7, 11) is 2.90. The molecule has 0 bridgehead atoms. The van der Waals surface area contributed by atoms with Crippen LogP contribution in [-0.4, -0.2) is 48.6 Å². The number of carbonyl (C=O) groups excluding carboxylic acids is 2. The Balaban J connectivity index is 1.68. The van der Waals surface area contributed by atoms with Gasteiger partial charge in [0, 0.05) is 31.5 Å². The molecule has 3 aromatic rings. The highest BCUT2D eigenvalue weighted by Gasteiger charge is 2.25. The molecular weight excluding hydrogens is 467 g/mol. The number of rotatable bonds is 11. The van der Waals surface area contributed by atoms with Gasteiger partial charge in [-0.3, -0.25) is 9.59 Å². The number of ether oxygens (including phenoxy) is 2. The van der Waals surface area contributed by atoms with E-state index in [1.165, 1.54) is 14.1 Å². The van der Waals surface area contributed by atoms with Gasteiger partial charge in [-0.25, -0.2) is 9.37 Å². The molecule has 0 unspecified atom stereocenters. The lowest BCUT2D eigenvalue weighted by Gasteiger charge is -2.15. The van der Waals surface area contributed by atoms with Crippen LogP contribution in [0.3, 0.4) is 0 Å². The number of anilines is 4. The molecule has 0 aliphatic carbocycles. The van der Waals surface area contributed by atoms with E-state index in [1.54, 1.807) is 48.5 Å². The number of amides is 2. The molecule has 0 radical (unpaired) electrons. The van der Waals surface area contributed by atoms with Crippen LogP contribution in [0.15, 0.2) is 54.7 Å². The number of nitrogens with zero attached hydrogens (tertiary/aromatic N) is 2. The first-order chi connectivity index (χ1) is 17.3. The normalized spacial score (nSPS) is 10.6. The first-order valence-corrected chi connectivity index (χ1v) is 11.3. The summed E-state index contributed by atoms with van der Waals surface area (Å²) < 4.78 is 25.6. The molecule has 190 valence electrons. The quantitative estimate of drug-likeness (QED) is 0.298. The van der Waals surface area contributed by atoms with Gasteiger partial charge in [-0.05, 0) is 50.2 Å². The zero-order chi connectivity index (χ0) is 26.1. The van der Waals surface area contributed by atoms with Crippen molar-refractivity contribution in [3.05, 3.63) is 60.5 Å². The van der Waals surface area contributed by atoms with Gasteiger partial charge in [0.2, 0.25) is 17.8 Å². The average Bonchev–Trinajstić information content (AvgIpc) is 2.86. The number of hydrogen-bond acceptors (Lipinski definition) is 8. The average molecular weight is 497 g/mol. The number of benzene rings is 2. The molecule has 10 nitrogen and oxygen atoms in total. The number of aromatic nitrogens is 2. The predicted octanol–water partition coefficient (Wildman–Crippen LogP) is 3.38. The monoisotopic (exact) mass is 496 g/mol. The molecule has 36 heavy (non-hydrogen) atoms. The van der Waals surface area contributed by atoms with Gasteiger partial charge in [0.25, 0.3) is 0 Å². The lowest BCUT2D eigenvalue weighted by Crippen LogP contribution is -2.42. The maximum Gasteiger partial charge on any atom is 0.235 e. The highest BCUT2D eigenvalue weighted by atomic mass is 19.1. The summed E-state index contributed by atoms with van der Waals surface area (Å²) in [4.78, 5) is 32.1. The lowest BCUT2D eigenvalue weighted by molar-refractivity contribution is -0.135. The van der Waals surface area contributed by atoms with Crippen molar-refractivity contribution in [2.75, 3.05) is 31.3 Å². The fourth-order valence-electron chi connectivity index (χ4n) is 3.13. The second kappa shape index (κ2) is 12.3. The third-order valence-electron chi connectivity index (χ3n) is 4.87. The molecule has 11 heteroatoms. The maximum atomic E-state index is 14.3. The van der Waals surface area contributed by atoms with Crippen LogP contribution >= 0.6 is 0 Å². The van der Waals surface area contributed by atoms with Crippen LogP contribution in [0.25, 0.3) is 0 Å². The number of halogens is 1. The van der Waals surface area contributed by atoms with Crippen LogP contribution < -0.4 is 30.7 Å². The molecular formula is C25H29FN6O4. The highest BCUT2D eigenvalue weighted by molar-refractivity contribution is 6.00. The SMILES string of the molecule is CNC(=O)C(COc1cccc(Nc2ncc(F)c(Nc3ccc(OC(C)C)cc3)n2)c1)C(=O)NC. The minimum atomic E-state index is -1.00. The predicted molar refractivity (Wildman–Crippen MR) is 134 cm³/mol. The maximum absolute atomic E-state index is 14.3. The van der Waals surface area contributed by atoms with E-state index >= 15 is 0 Å². The van der Waals surface area contributed by atoms with Crippen molar-refractivity contribution in [1.82, 2.24) is 20.6 Å². The van der Waals surface area contributed by atoms with Crippen LogP contribution in [0.1, 0.15) is 13.8 Å². The molecule has 4 N–H and O–H groups in total. The molecule has 0 saturated heterocycles. The van der Waals surface area contributed by atoms with Gasteiger partial charge in [-0.15, -0.1) is 0 Å². The van der Waals surface area contributed by atoms with E-state index in [9.17, 15) is 14.0 Å². The Morgan fingerprint density at radius 1 is 0.944 bits per heavy atom.